The molecule has 152 valence electrons. The number of nitrogens with one attached hydrogen (secondary N) is 2. The van der Waals surface area contributed by atoms with E-state index in [2.05, 4.69) is 27.6 Å². The first-order chi connectivity index (χ1) is 14.1. The maximum absolute atomic E-state index is 12.9. The van der Waals surface area contributed by atoms with Gasteiger partial charge in [-0.05, 0) is 25.0 Å². The van der Waals surface area contributed by atoms with Crippen LogP contribution in [0.4, 0.5) is 11.6 Å². The van der Waals surface area contributed by atoms with Gasteiger partial charge in [-0.3, -0.25) is 9.48 Å². The Morgan fingerprint density at radius 2 is 2.14 bits per heavy atom. The summed E-state index contributed by atoms with van der Waals surface area (Å²) in [6, 6.07) is 5.99. The predicted octanol–water partition coefficient (Wildman–Crippen LogP) is 2.78. The molecule has 4 N–H and O–H groups in total. The minimum Gasteiger partial charge on any atom is -0.353 e. The molecule has 2 aromatic heterocycles. The molecule has 1 atom stereocenters. The van der Waals surface area contributed by atoms with Crippen molar-refractivity contribution in [3.63, 3.8) is 0 Å². The predicted molar refractivity (Wildman–Crippen MR) is 114 cm³/mol. The molecule has 29 heavy (non-hydrogen) atoms. The number of benzene rings is 1. The number of hydrogen-bond donors (Lipinski definition) is 3. The number of carbonyl (C=O) groups is 1. The molecule has 0 saturated carbocycles. The van der Waals surface area contributed by atoms with Gasteiger partial charge in [0.25, 0.3) is 0 Å². The van der Waals surface area contributed by atoms with E-state index in [1.54, 1.807) is 0 Å². The van der Waals surface area contributed by atoms with Crippen LogP contribution in [0.5, 0.6) is 0 Å². The summed E-state index contributed by atoms with van der Waals surface area (Å²) in [6.45, 7) is 6.04. The SMILES string of the molecule is CCCCCn1cc2c(C3C(=O)Nc4ccc(C)cc43)nc(NCCN)nc2n1. The smallest absolute Gasteiger partial charge is 0.238 e. The Morgan fingerprint density at radius 1 is 1.28 bits per heavy atom. The minimum atomic E-state index is -0.484. The molecule has 0 saturated heterocycles. The van der Waals surface area contributed by atoms with E-state index in [1.807, 2.05) is 36.0 Å². The second-order valence-corrected chi connectivity index (χ2v) is 7.50. The minimum absolute atomic E-state index is 0.0749. The van der Waals surface area contributed by atoms with Crippen LogP contribution in [0.2, 0.25) is 0 Å². The number of amides is 1. The van der Waals surface area contributed by atoms with Gasteiger partial charge in [0.2, 0.25) is 11.9 Å². The van der Waals surface area contributed by atoms with Gasteiger partial charge in [-0.15, -0.1) is 0 Å². The van der Waals surface area contributed by atoms with E-state index in [0.717, 1.165) is 48.0 Å². The largest absolute Gasteiger partial charge is 0.353 e. The summed E-state index contributed by atoms with van der Waals surface area (Å²) < 4.78 is 1.91. The number of carbonyl (C=O) groups excluding carboxylic acids is 1. The van der Waals surface area contributed by atoms with Crippen molar-refractivity contribution in [3.05, 3.63) is 41.2 Å². The normalized spacial score (nSPS) is 15.6. The number of anilines is 2. The lowest BCUT2D eigenvalue weighted by molar-refractivity contribution is -0.116. The van der Waals surface area contributed by atoms with Gasteiger partial charge in [0.05, 0.1) is 11.1 Å². The van der Waals surface area contributed by atoms with E-state index < -0.39 is 5.92 Å². The van der Waals surface area contributed by atoms with Gasteiger partial charge in [0, 0.05) is 31.5 Å². The molecule has 0 aliphatic carbocycles. The maximum Gasteiger partial charge on any atom is 0.238 e. The molecule has 1 amide bonds. The Morgan fingerprint density at radius 3 is 2.93 bits per heavy atom. The molecular weight excluding hydrogens is 366 g/mol. The first kappa shape index (κ1) is 19.3. The fourth-order valence-electron chi connectivity index (χ4n) is 3.75. The number of rotatable bonds is 8. The topological polar surface area (TPSA) is 111 Å². The molecule has 1 aliphatic heterocycles. The molecule has 3 aromatic rings. The fourth-order valence-corrected chi connectivity index (χ4v) is 3.75. The third-order valence-corrected chi connectivity index (χ3v) is 5.19. The van der Waals surface area contributed by atoms with Crippen LogP contribution in [-0.2, 0) is 11.3 Å². The van der Waals surface area contributed by atoms with Gasteiger partial charge >= 0.3 is 0 Å². The number of unbranched alkanes of at least 4 members (excludes halogenated alkanes) is 2. The van der Waals surface area contributed by atoms with Crippen LogP contribution in [-0.4, -0.2) is 38.7 Å². The summed E-state index contributed by atoms with van der Waals surface area (Å²) >= 11 is 0. The van der Waals surface area contributed by atoms with Crippen LogP contribution >= 0.6 is 0 Å². The standard InChI is InChI=1S/C21H27N7O/c1-3-4-5-10-28-12-15-18(25-21(23-9-8-22)26-19(15)27-28)17-14-11-13(2)6-7-16(14)24-20(17)29/h6-7,11-12,17H,3-5,8-10,22H2,1-2H3,(H,24,29)(H,23,26,27). The fraction of sp³-hybridized carbons (Fsp3) is 0.429. The van der Waals surface area contributed by atoms with Crippen LogP contribution in [0, 0.1) is 6.92 Å². The third kappa shape index (κ3) is 3.80. The first-order valence-corrected chi connectivity index (χ1v) is 10.2. The highest BCUT2D eigenvalue weighted by molar-refractivity contribution is 6.06. The van der Waals surface area contributed by atoms with Crippen LogP contribution in [0.1, 0.15) is 48.9 Å². The quantitative estimate of drug-likeness (QED) is 0.508. The van der Waals surface area contributed by atoms with Crippen LogP contribution in [0.3, 0.4) is 0 Å². The number of nitrogens with zero attached hydrogens (tertiary/aromatic N) is 4. The Hall–Kier alpha value is -3.00. The first-order valence-electron chi connectivity index (χ1n) is 10.2. The van der Waals surface area contributed by atoms with E-state index in [4.69, 9.17) is 10.7 Å². The Kier molecular flexibility index (Phi) is 5.44. The van der Waals surface area contributed by atoms with Crippen molar-refractivity contribution < 1.29 is 4.79 Å². The second-order valence-electron chi connectivity index (χ2n) is 7.50. The van der Waals surface area contributed by atoms with Crippen molar-refractivity contribution in [1.82, 2.24) is 19.7 Å². The molecule has 0 spiro atoms. The molecule has 8 heteroatoms. The van der Waals surface area contributed by atoms with Crippen molar-refractivity contribution in [2.75, 3.05) is 23.7 Å². The van der Waals surface area contributed by atoms with E-state index in [0.29, 0.717) is 30.4 Å². The molecular formula is C21H27N7O. The number of nitrogens with two attached hydrogens (primary N) is 1. The van der Waals surface area contributed by atoms with Gasteiger partial charge < -0.3 is 16.4 Å². The van der Waals surface area contributed by atoms with Gasteiger partial charge in [-0.2, -0.15) is 10.1 Å². The van der Waals surface area contributed by atoms with Crippen molar-refractivity contribution >= 4 is 28.6 Å². The molecule has 0 radical (unpaired) electrons. The summed E-state index contributed by atoms with van der Waals surface area (Å²) in [6.07, 6.45) is 5.32. The zero-order valence-electron chi connectivity index (χ0n) is 16.9. The average molecular weight is 393 g/mol. The maximum atomic E-state index is 12.9. The molecule has 1 aliphatic rings. The summed E-state index contributed by atoms with van der Waals surface area (Å²) in [4.78, 5) is 22.2. The van der Waals surface area contributed by atoms with Crippen LogP contribution in [0.15, 0.2) is 24.4 Å². The second kappa shape index (κ2) is 8.16. The Balaban J connectivity index is 1.81. The molecule has 1 aromatic carbocycles. The van der Waals surface area contributed by atoms with Crippen molar-refractivity contribution in [2.24, 2.45) is 5.73 Å². The van der Waals surface area contributed by atoms with Crippen molar-refractivity contribution in [2.45, 2.75) is 45.6 Å². The molecule has 1 unspecified atom stereocenters. The monoisotopic (exact) mass is 393 g/mol. The van der Waals surface area contributed by atoms with Crippen LogP contribution < -0.4 is 16.4 Å². The third-order valence-electron chi connectivity index (χ3n) is 5.19. The zero-order chi connectivity index (χ0) is 20.4. The van der Waals surface area contributed by atoms with Gasteiger partial charge in [-0.1, -0.05) is 37.5 Å². The Labute approximate surface area is 169 Å². The summed E-state index contributed by atoms with van der Waals surface area (Å²) in [5, 5.41) is 11.6. The lowest BCUT2D eigenvalue weighted by Crippen LogP contribution is -2.18. The highest BCUT2D eigenvalue weighted by Crippen LogP contribution is 2.39. The molecule has 0 bridgehead atoms. The van der Waals surface area contributed by atoms with Crippen molar-refractivity contribution in [3.8, 4) is 0 Å². The highest BCUT2D eigenvalue weighted by Gasteiger charge is 2.35. The van der Waals surface area contributed by atoms with Crippen molar-refractivity contribution in [1.29, 1.82) is 0 Å². The van der Waals surface area contributed by atoms with E-state index in [1.165, 1.54) is 0 Å². The number of fused-ring (bicyclic) bond motifs is 2. The molecule has 3 heterocycles. The highest BCUT2D eigenvalue weighted by atomic mass is 16.2. The number of hydrogen-bond acceptors (Lipinski definition) is 6. The lowest BCUT2D eigenvalue weighted by Gasteiger charge is -2.12. The summed E-state index contributed by atoms with van der Waals surface area (Å²) in [5.41, 5.74) is 9.78. The summed E-state index contributed by atoms with van der Waals surface area (Å²) in [7, 11) is 0. The van der Waals surface area contributed by atoms with Gasteiger partial charge in [-0.25, -0.2) is 4.98 Å². The van der Waals surface area contributed by atoms with E-state index in [-0.39, 0.29) is 5.91 Å². The van der Waals surface area contributed by atoms with Crippen LogP contribution in [0.25, 0.3) is 11.0 Å². The number of aromatic nitrogens is 4. The lowest BCUT2D eigenvalue weighted by atomic mass is 9.94. The van der Waals surface area contributed by atoms with Gasteiger partial charge in [0.15, 0.2) is 5.65 Å². The van der Waals surface area contributed by atoms with E-state index in [9.17, 15) is 4.79 Å². The Bertz CT molecular complexity index is 1040. The number of aryl methyl sites for hydroxylation is 2. The average Bonchev–Trinajstić information content (AvgIpc) is 3.25. The molecule has 0 fully saturated rings. The molecule has 8 nitrogen and oxygen atoms in total. The molecule has 4 rings (SSSR count). The zero-order valence-corrected chi connectivity index (χ0v) is 16.9. The summed E-state index contributed by atoms with van der Waals surface area (Å²) in [5.74, 6) is -0.109. The van der Waals surface area contributed by atoms with Gasteiger partial charge in [0.1, 0.15) is 5.92 Å². The van der Waals surface area contributed by atoms with E-state index >= 15 is 0 Å².